The Kier molecular flexibility index (Phi) is 2.32. The van der Waals surface area contributed by atoms with E-state index in [1.165, 1.54) is 12.8 Å². The molecule has 0 spiro atoms. The molecular formula is C8H17NO. The second-order valence-corrected chi connectivity index (χ2v) is 3.26. The number of hydrogen-bond acceptors (Lipinski definition) is 2. The van der Waals surface area contributed by atoms with E-state index in [4.69, 9.17) is 10.5 Å². The lowest BCUT2D eigenvalue weighted by atomic mass is 9.94. The molecule has 0 amide bonds. The molecule has 0 radical (unpaired) electrons. The molecule has 1 saturated carbocycles. The van der Waals surface area contributed by atoms with Gasteiger partial charge in [-0.15, -0.1) is 0 Å². The van der Waals surface area contributed by atoms with Gasteiger partial charge in [0.25, 0.3) is 0 Å². The fraction of sp³-hybridized carbons (Fsp3) is 1.00. The number of nitrogens with two attached hydrogens (primary N) is 1. The number of ether oxygens (including phenoxy) is 1. The van der Waals surface area contributed by atoms with Gasteiger partial charge in [0.1, 0.15) is 0 Å². The second-order valence-electron chi connectivity index (χ2n) is 3.26. The lowest BCUT2D eigenvalue weighted by molar-refractivity contribution is -0.0209. The maximum absolute atomic E-state index is 5.82. The highest BCUT2D eigenvalue weighted by Crippen LogP contribution is 2.34. The molecule has 1 aliphatic carbocycles. The van der Waals surface area contributed by atoms with Gasteiger partial charge >= 0.3 is 0 Å². The molecule has 2 nitrogen and oxygen atoms in total. The Balaban J connectivity index is 2.58. The quantitative estimate of drug-likeness (QED) is 0.632. The molecule has 60 valence electrons. The van der Waals surface area contributed by atoms with Gasteiger partial charge in [-0.2, -0.15) is 0 Å². The summed E-state index contributed by atoms with van der Waals surface area (Å²) < 4.78 is 5.44. The van der Waals surface area contributed by atoms with Gasteiger partial charge in [-0.05, 0) is 19.8 Å². The molecule has 2 N–H and O–H groups in total. The smallest absolute Gasteiger partial charge is 0.0826 e. The van der Waals surface area contributed by atoms with Crippen molar-refractivity contribution >= 4 is 0 Å². The molecule has 1 atom stereocenters. The van der Waals surface area contributed by atoms with Crippen molar-refractivity contribution in [2.45, 2.75) is 44.2 Å². The van der Waals surface area contributed by atoms with E-state index in [1.807, 2.05) is 6.92 Å². The van der Waals surface area contributed by atoms with Crippen molar-refractivity contribution in [1.82, 2.24) is 0 Å². The van der Waals surface area contributed by atoms with Gasteiger partial charge in [-0.1, -0.05) is 12.8 Å². The SMILES string of the molecule is COC1([C@@H](C)N)CCCC1. The van der Waals surface area contributed by atoms with Crippen LogP contribution in [0.25, 0.3) is 0 Å². The molecule has 1 aliphatic rings. The fourth-order valence-corrected chi connectivity index (χ4v) is 1.82. The lowest BCUT2D eigenvalue weighted by Crippen LogP contribution is -2.45. The molecule has 10 heavy (non-hydrogen) atoms. The Morgan fingerprint density at radius 1 is 1.40 bits per heavy atom. The summed E-state index contributed by atoms with van der Waals surface area (Å²) >= 11 is 0. The summed E-state index contributed by atoms with van der Waals surface area (Å²) in [4.78, 5) is 0. The average Bonchev–Trinajstić information content (AvgIpc) is 2.35. The summed E-state index contributed by atoms with van der Waals surface area (Å²) in [6.07, 6.45) is 4.83. The molecule has 0 aliphatic heterocycles. The minimum atomic E-state index is 0.0139. The van der Waals surface area contributed by atoms with Crippen molar-refractivity contribution in [3.8, 4) is 0 Å². The molecule has 0 saturated heterocycles. The van der Waals surface area contributed by atoms with Crippen LogP contribution in [-0.2, 0) is 4.74 Å². The maximum Gasteiger partial charge on any atom is 0.0826 e. The predicted molar refractivity (Wildman–Crippen MR) is 41.9 cm³/mol. The zero-order chi connectivity index (χ0) is 7.61. The highest BCUT2D eigenvalue weighted by Gasteiger charge is 2.36. The van der Waals surface area contributed by atoms with Crippen molar-refractivity contribution < 1.29 is 4.74 Å². The van der Waals surface area contributed by atoms with Crippen LogP contribution in [-0.4, -0.2) is 18.8 Å². The van der Waals surface area contributed by atoms with Gasteiger partial charge in [0.15, 0.2) is 0 Å². The Labute approximate surface area is 62.7 Å². The number of methoxy groups -OCH3 is 1. The first kappa shape index (κ1) is 8.02. The molecule has 0 heterocycles. The van der Waals surface area contributed by atoms with Crippen molar-refractivity contribution in [3.05, 3.63) is 0 Å². The zero-order valence-corrected chi connectivity index (χ0v) is 6.89. The lowest BCUT2D eigenvalue weighted by Gasteiger charge is -2.31. The van der Waals surface area contributed by atoms with Gasteiger partial charge in [0, 0.05) is 13.2 Å². The molecule has 0 bridgehead atoms. The van der Waals surface area contributed by atoms with Crippen LogP contribution in [0.1, 0.15) is 32.6 Å². The van der Waals surface area contributed by atoms with E-state index in [2.05, 4.69) is 0 Å². The van der Waals surface area contributed by atoms with Crippen molar-refractivity contribution in [1.29, 1.82) is 0 Å². The van der Waals surface area contributed by atoms with Crippen LogP contribution in [0.2, 0.25) is 0 Å². The van der Waals surface area contributed by atoms with E-state index in [1.54, 1.807) is 7.11 Å². The van der Waals surface area contributed by atoms with Gasteiger partial charge in [-0.25, -0.2) is 0 Å². The summed E-state index contributed by atoms with van der Waals surface area (Å²) in [5.41, 5.74) is 5.83. The van der Waals surface area contributed by atoms with E-state index < -0.39 is 0 Å². The normalized spacial score (nSPS) is 26.7. The maximum atomic E-state index is 5.82. The van der Waals surface area contributed by atoms with Gasteiger partial charge < -0.3 is 10.5 Å². The fourth-order valence-electron chi connectivity index (χ4n) is 1.82. The molecule has 0 aromatic rings. The Morgan fingerprint density at radius 2 is 1.90 bits per heavy atom. The van der Waals surface area contributed by atoms with Crippen LogP contribution >= 0.6 is 0 Å². The van der Waals surface area contributed by atoms with Gasteiger partial charge in [-0.3, -0.25) is 0 Å². The predicted octanol–water partition coefficient (Wildman–Crippen LogP) is 1.29. The van der Waals surface area contributed by atoms with E-state index in [0.717, 1.165) is 12.8 Å². The standard InChI is InChI=1S/C8H17NO/c1-7(9)8(10-2)5-3-4-6-8/h7H,3-6,9H2,1-2H3/t7-/m1/s1. The molecule has 0 unspecified atom stereocenters. The van der Waals surface area contributed by atoms with E-state index in [9.17, 15) is 0 Å². The Hall–Kier alpha value is -0.0800. The van der Waals surface area contributed by atoms with Crippen molar-refractivity contribution in [2.75, 3.05) is 7.11 Å². The summed E-state index contributed by atoms with van der Waals surface area (Å²) in [5, 5.41) is 0. The van der Waals surface area contributed by atoms with Crippen LogP contribution in [0, 0.1) is 0 Å². The van der Waals surface area contributed by atoms with Crippen LogP contribution < -0.4 is 5.73 Å². The topological polar surface area (TPSA) is 35.2 Å². The van der Waals surface area contributed by atoms with E-state index in [-0.39, 0.29) is 11.6 Å². The second kappa shape index (κ2) is 2.89. The average molecular weight is 143 g/mol. The third-order valence-electron chi connectivity index (χ3n) is 2.69. The van der Waals surface area contributed by atoms with Crippen LogP contribution in [0.3, 0.4) is 0 Å². The number of rotatable bonds is 2. The monoisotopic (exact) mass is 143 g/mol. The molecule has 2 heteroatoms. The van der Waals surface area contributed by atoms with Crippen LogP contribution in [0.4, 0.5) is 0 Å². The third-order valence-corrected chi connectivity index (χ3v) is 2.69. The van der Waals surface area contributed by atoms with E-state index >= 15 is 0 Å². The number of hydrogen-bond donors (Lipinski definition) is 1. The van der Waals surface area contributed by atoms with Gasteiger partial charge in [0.2, 0.25) is 0 Å². The minimum Gasteiger partial charge on any atom is -0.377 e. The molecule has 0 aromatic carbocycles. The highest BCUT2D eigenvalue weighted by molar-refractivity contribution is 4.92. The van der Waals surface area contributed by atoms with Crippen molar-refractivity contribution in [2.24, 2.45) is 5.73 Å². The first-order chi connectivity index (χ1) is 4.71. The highest BCUT2D eigenvalue weighted by atomic mass is 16.5. The summed E-state index contributed by atoms with van der Waals surface area (Å²) in [6, 6.07) is 0.181. The Morgan fingerprint density at radius 3 is 2.10 bits per heavy atom. The molecule has 1 rings (SSSR count). The summed E-state index contributed by atoms with van der Waals surface area (Å²) in [5.74, 6) is 0. The van der Waals surface area contributed by atoms with E-state index in [0.29, 0.717) is 0 Å². The Bertz CT molecular complexity index is 106. The zero-order valence-electron chi connectivity index (χ0n) is 6.89. The van der Waals surface area contributed by atoms with Crippen LogP contribution in [0.15, 0.2) is 0 Å². The minimum absolute atomic E-state index is 0.0139. The van der Waals surface area contributed by atoms with Crippen LogP contribution in [0.5, 0.6) is 0 Å². The summed E-state index contributed by atoms with van der Waals surface area (Å²) in [6.45, 7) is 2.04. The third kappa shape index (κ3) is 1.18. The largest absolute Gasteiger partial charge is 0.377 e. The first-order valence-corrected chi connectivity index (χ1v) is 4.02. The first-order valence-electron chi connectivity index (χ1n) is 4.02. The van der Waals surface area contributed by atoms with Gasteiger partial charge in [0.05, 0.1) is 5.60 Å². The molecule has 0 aromatic heterocycles. The van der Waals surface area contributed by atoms with Crippen molar-refractivity contribution in [3.63, 3.8) is 0 Å². The summed E-state index contributed by atoms with van der Waals surface area (Å²) in [7, 11) is 1.77. The molecular weight excluding hydrogens is 126 g/mol. The molecule has 1 fully saturated rings.